The van der Waals surface area contributed by atoms with E-state index in [-0.39, 0.29) is 0 Å². The summed E-state index contributed by atoms with van der Waals surface area (Å²) in [4.78, 5) is 9.01. The van der Waals surface area contributed by atoms with Gasteiger partial charge in [0, 0.05) is 29.6 Å². The van der Waals surface area contributed by atoms with Crippen LogP contribution in [0.15, 0.2) is 24.3 Å². The first-order valence-corrected chi connectivity index (χ1v) is 7.47. The Morgan fingerprint density at radius 1 is 1.10 bits per heavy atom. The van der Waals surface area contributed by atoms with Gasteiger partial charge in [-0.2, -0.15) is 0 Å². The van der Waals surface area contributed by atoms with E-state index in [4.69, 9.17) is 23.2 Å². The number of aryl methyl sites for hydroxylation is 1. The van der Waals surface area contributed by atoms with Gasteiger partial charge in [-0.05, 0) is 24.6 Å². The molecule has 0 unspecified atom stereocenters. The summed E-state index contributed by atoms with van der Waals surface area (Å²) in [5.41, 5.74) is 1.62. The lowest BCUT2D eigenvalue weighted by atomic mass is 10.1. The van der Waals surface area contributed by atoms with Gasteiger partial charge in [0.15, 0.2) is 0 Å². The van der Waals surface area contributed by atoms with Gasteiger partial charge in [0.2, 0.25) is 0 Å². The molecule has 0 radical (unpaired) electrons. The lowest BCUT2D eigenvalue weighted by molar-refractivity contribution is 0.919. The number of aromatic nitrogens is 2. The summed E-state index contributed by atoms with van der Waals surface area (Å²) in [6.45, 7) is 5.02. The van der Waals surface area contributed by atoms with Gasteiger partial charge in [-0.25, -0.2) is 9.97 Å². The molecule has 0 spiro atoms. The van der Waals surface area contributed by atoms with E-state index in [1.807, 2.05) is 19.1 Å². The predicted octanol–water partition coefficient (Wildman–Crippen LogP) is 4.83. The Hall–Kier alpha value is -1.32. The molecule has 3 nitrogen and oxygen atoms in total. The van der Waals surface area contributed by atoms with E-state index in [2.05, 4.69) is 22.2 Å². The molecule has 1 aromatic heterocycles. The van der Waals surface area contributed by atoms with Crippen molar-refractivity contribution in [3.8, 4) is 11.3 Å². The van der Waals surface area contributed by atoms with Crippen molar-refractivity contribution in [3.05, 3.63) is 40.1 Å². The van der Waals surface area contributed by atoms with Gasteiger partial charge in [-0.3, -0.25) is 0 Å². The van der Waals surface area contributed by atoms with E-state index in [9.17, 15) is 0 Å². The van der Waals surface area contributed by atoms with Crippen LogP contribution < -0.4 is 5.32 Å². The van der Waals surface area contributed by atoms with Gasteiger partial charge in [-0.15, -0.1) is 0 Å². The van der Waals surface area contributed by atoms with Crippen molar-refractivity contribution in [2.24, 2.45) is 0 Å². The quantitative estimate of drug-likeness (QED) is 0.859. The zero-order valence-corrected chi connectivity index (χ0v) is 13.1. The molecule has 0 saturated carbocycles. The second-order valence-corrected chi connectivity index (χ2v) is 5.30. The van der Waals surface area contributed by atoms with E-state index in [1.165, 1.54) is 0 Å². The normalized spacial score (nSPS) is 10.6. The van der Waals surface area contributed by atoms with Crippen molar-refractivity contribution in [3.63, 3.8) is 0 Å². The smallest absolute Gasteiger partial charge is 0.131 e. The minimum Gasteiger partial charge on any atom is -0.370 e. The van der Waals surface area contributed by atoms with Gasteiger partial charge in [0.25, 0.3) is 0 Å². The van der Waals surface area contributed by atoms with E-state index in [0.717, 1.165) is 42.3 Å². The molecule has 0 fully saturated rings. The fraction of sp³-hybridized carbons (Fsp3) is 0.333. The van der Waals surface area contributed by atoms with Crippen molar-refractivity contribution in [1.29, 1.82) is 0 Å². The minimum atomic E-state index is 0.636. The average molecular weight is 310 g/mol. The highest BCUT2D eigenvalue weighted by Crippen LogP contribution is 2.30. The average Bonchev–Trinajstić information content (AvgIpc) is 2.47. The predicted molar refractivity (Wildman–Crippen MR) is 85.6 cm³/mol. The number of halogens is 2. The number of hydrogen-bond acceptors (Lipinski definition) is 3. The highest BCUT2D eigenvalue weighted by molar-refractivity contribution is 6.35. The van der Waals surface area contributed by atoms with Crippen LogP contribution in [-0.4, -0.2) is 16.5 Å². The van der Waals surface area contributed by atoms with Crippen LogP contribution in [0.3, 0.4) is 0 Å². The Bertz CT molecular complexity index is 600. The lowest BCUT2D eigenvalue weighted by Gasteiger charge is -2.10. The van der Waals surface area contributed by atoms with Crippen LogP contribution in [-0.2, 0) is 6.42 Å². The summed E-state index contributed by atoms with van der Waals surface area (Å²) in [7, 11) is 0. The van der Waals surface area contributed by atoms with Crippen LogP contribution in [0.2, 0.25) is 10.0 Å². The zero-order chi connectivity index (χ0) is 14.5. The monoisotopic (exact) mass is 309 g/mol. The van der Waals surface area contributed by atoms with E-state index in [0.29, 0.717) is 10.0 Å². The number of nitrogens with zero attached hydrogens (tertiary/aromatic N) is 2. The number of anilines is 1. The van der Waals surface area contributed by atoms with Crippen molar-refractivity contribution < 1.29 is 0 Å². The molecule has 20 heavy (non-hydrogen) atoms. The third kappa shape index (κ3) is 3.62. The molecule has 2 aromatic rings. The van der Waals surface area contributed by atoms with Gasteiger partial charge in [0.05, 0.1) is 10.7 Å². The summed E-state index contributed by atoms with van der Waals surface area (Å²) in [5.74, 6) is 1.61. The third-order valence-electron chi connectivity index (χ3n) is 2.85. The van der Waals surface area contributed by atoms with Crippen molar-refractivity contribution in [2.45, 2.75) is 26.7 Å². The molecule has 0 atom stereocenters. The molecule has 0 aliphatic rings. The molecule has 0 aliphatic carbocycles. The fourth-order valence-electron chi connectivity index (χ4n) is 1.83. The highest BCUT2D eigenvalue weighted by Gasteiger charge is 2.09. The maximum atomic E-state index is 6.24. The Morgan fingerprint density at radius 2 is 1.90 bits per heavy atom. The van der Waals surface area contributed by atoms with E-state index in [1.54, 1.807) is 12.1 Å². The zero-order valence-electron chi connectivity index (χ0n) is 11.6. The van der Waals surface area contributed by atoms with Crippen molar-refractivity contribution >= 4 is 29.0 Å². The van der Waals surface area contributed by atoms with E-state index < -0.39 is 0 Å². The number of hydrogen-bond donors (Lipinski definition) is 1. The van der Waals surface area contributed by atoms with Crippen LogP contribution >= 0.6 is 23.2 Å². The summed E-state index contributed by atoms with van der Waals surface area (Å²) < 4.78 is 0. The Morgan fingerprint density at radius 3 is 2.60 bits per heavy atom. The SMILES string of the molecule is CCCNc1cc(-c2cc(Cl)ccc2Cl)nc(CC)n1. The van der Waals surface area contributed by atoms with Crippen molar-refractivity contribution in [2.75, 3.05) is 11.9 Å². The molecule has 0 amide bonds. The van der Waals surface area contributed by atoms with Gasteiger partial charge >= 0.3 is 0 Å². The second kappa shape index (κ2) is 6.91. The van der Waals surface area contributed by atoms with Gasteiger partial charge in [-0.1, -0.05) is 37.0 Å². The maximum Gasteiger partial charge on any atom is 0.131 e. The third-order valence-corrected chi connectivity index (χ3v) is 3.41. The van der Waals surface area contributed by atoms with E-state index >= 15 is 0 Å². The molecule has 1 N–H and O–H groups in total. The fourth-order valence-corrected chi connectivity index (χ4v) is 2.22. The Kier molecular flexibility index (Phi) is 5.21. The standard InChI is InChI=1S/C15H17Cl2N3/c1-3-7-18-15-9-13(19-14(4-2)20-15)11-8-10(16)5-6-12(11)17/h5-6,8-9H,3-4,7H2,1-2H3,(H,18,19,20). The molecule has 0 bridgehead atoms. The Labute approximate surface area is 129 Å². The first-order chi connectivity index (χ1) is 9.63. The van der Waals surface area contributed by atoms with Gasteiger partial charge < -0.3 is 5.32 Å². The highest BCUT2D eigenvalue weighted by atomic mass is 35.5. The molecule has 5 heteroatoms. The Balaban J connectivity index is 2.46. The lowest BCUT2D eigenvalue weighted by Crippen LogP contribution is -2.05. The van der Waals surface area contributed by atoms with Crippen LogP contribution in [0, 0.1) is 0 Å². The molecule has 0 aliphatic heterocycles. The molecular formula is C15H17Cl2N3. The molecule has 106 valence electrons. The van der Waals surface area contributed by atoms with Gasteiger partial charge in [0.1, 0.15) is 11.6 Å². The van der Waals surface area contributed by atoms with Crippen LogP contribution in [0.5, 0.6) is 0 Å². The number of benzene rings is 1. The first kappa shape index (κ1) is 15.1. The minimum absolute atomic E-state index is 0.636. The summed E-state index contributed by atoms with van der Waals surface area (Å²) in [6.07, 6.45) is 1.81. The summed E-state index contributed by atoms with van der Waals surface area (Å²) >= 11 is 12.3. The molecule has 1 aromatic carbocycles. The molecule has 1 heterocycles. The first-order valence-electron chi connectivity index (χ1n) is 6.71. The van der Waals surface area contributed by atoms with Crippen molar-refractivity contribution in [1.82, 2.24) is 9.97 Å². The summed E-state index contributed by atoms with van der Waals surface area (Å²) in [6, 6.07) is 7.29. The largest absolute Gasteiger partial charge is 0.370 e. The summed E-state index contributed by atoms with van der Waals surface area (Å²) in [5, 5.41) is 4.56. The molecule has 0 saturated heterocycles. The molecular weight excluding hydrogens is 293 g/mol. The topological polar surface area (TPSA) is 37.8 Å². The molecule has 2 rings (SSSR count). The maximum absolute atomic E-state index is 6.24. The number of nitrogens with one attached hydrogen (secondary N) is 1. The number of rotatable bonds is 5. The van der Waals surface area contributed by atoms with Crippen LogP contribution in [0.1, 0.15) is 26.1 Å². The second-order valence-electron chi connectivity index (χ2n) is 4.46. The van der Waals surface area contributed by atoms with Crippen LogP contribution in [0.25, 0.3) is 11.3 Å². The van der Waals surface area contributed by atoms with Crippen LogP contribution in [0.4, 0.5) is 5.82 Å².